The van der Waals surface area contributed by atoms with E-state index in [1.54, 1.807) is 11.0 Å². The molecule has 2 aromatic rings. The van der Waals surface area contributed by atoms with Gasteiger partial charge in [0, 0.05) is 6.54 Å². The van der Waals surface area contributed by atoms with Gasteiger partial charge >= 0.3 is 6.01 Å². The van der Waals surface area contributed by atoms with E-state index in [9.17, 15) is 4.39 Å². The summed E-state index contributed by atoms with van der Waals surface area (Å²) in [6.07, 6.45) is 0.807. The highest BCUT2D eigenvalue weighted by Gasteiger charge is 2.24. The molecule has 3 rings (SSSR count). The van der Waals surface area contributed by atoms with Crippen molar-refractivity contribution >= 4 is 23.2 Å². The summed E-state index contributed by atoms with van der Waals surface area (Å²) in [6.45, 7) is 0.669. The topological polar surface area (TPSA) is 51.1 Å². The molecule has 0 saturated heterocycles. The van der Waals surface area contributed by atoms with Gasteiger partial charge in [0.1, 0.15) is 5.82 Å². The van der Waals surface area contributed by atoms with Crippen LogP contribution in [0.1, 0.15) is 5.56 Å². The number of hydrogen-bond donors (Lipinski definition) is 0. The smallest absolute Gasteiger partial charge is 0.322 e. The van der Waals surface area contributed by atoms with Crippen LogP contribution in [-0.2, 0) is 6.42 Å². The number of nitrogens with zero attached hydrogens (tertiary/aromatic N) is 4. The second-order valence-corrected chi connectivity index (χ2v) is 4.40. The number of benzene rings is 1. The Kier molecular flexibility index (Phi) is 2.94. The van der Waals surface area contributed by atoms with Crippen molar-refractivity contribution in [2.45, 2.75) is 6.42 Å². The van der Waals surface area contributed by atoms with E-state index in [0.717, 1.165) is 17.7 Å². The quantitative estimate of drug-likeness (QED) is 0.845. The zero-order chi connectivity index (χ0) is 13.4. The molecule has 0 N–H and O–H groups in total. The zero-order valence-electron chi connectivity index (χ0n) is 10.1. The molecule has 1 aliphatic heterocycles. The van der Waals surface area contributed by atoms with Gasteiger partial charge in [-0.2, -0.15) is 15.0 Å². The molecule has 1 aliphatic rings. The zero-order valence-corrected chi connectivity index (χ0v) is 10.9. The first-order chi connectivity index (χ1) is 9.17. The van der Waals surface area contributed by atoms with Crippen molar-refractivity contribution in [2.24, 2.45) is 0 Å². The molecule has 0 radical (unpaired) electrons. The van der Waals surface area contributed by atoms with Crippen molar-refractivity contribution in [3.8, 4) is 6.01 Å². The largest absolute Gasteiger partial charge is 0.467 e. The van der Waals surface area contributed by atoms with Gasteiger partial charge in [-0.15, -0.1) is 0 Å². The molecule has 1 aromatic heterocycles. The Labute approximate surface area is 114 Å². The van der Waals surface area contributed by atoms with Crippen molar-refractivity contribution in [1.29, 1.82) is 0 Å². The molecule has 1 aromatic carbocycles. The maximum atomic E-state index is 13.3. The Bertz CT molecular complexity index is 637. The van der Waals surface area contributed by atoms with Crippen LogP contribution < -0.4 is 9.64 Å². The van der Waals surface area contributed by atoms with Gasteiger partial charge < -0.3 is 9.64 Å². The molecule has 0 fully saturated rings. The molecule has 98 valence electrons. The van der Waals surface area contributed by atoms with Crippen LogP contribution in [0.4, 0.5) is 16.0 Å². The highest BCUT2D eigenvalue weighted by atomic mass is 35.5. The fraction of sp³-hybridized carbons (Fsp3) is 0.250. The lowest BCUT2D eigenvalue weighted by Gasteiger charge is -2.17. The van der Waals surface area contributed by atoms with Crippen LogP contribution >= 0.6 is 11.6 Å². The van der Waals surface area contributed by atoms with Gasteiger partial charge in [-0.25, -0.2) is 4.39 Å². The van der Waals surface area contributed by atoms with E-state index in [4.69, 9.17) is 16.3 Å². The maximum absolute atomic E-state index is 13.3. The summed E-state index contributed by atoms with van der Waals surface area (Å²) in [6, 6.07) is 4.82. The normalized spacial score (nSPS) is 13.5. The second kappa shape index (κ2) is 4.62. The van der Waals surface area contributed by atoms with Crippen LogP contribution in [0.3, 0.4) is 0 Å². The van der Waals surface area contributed by atoms with Gasteiger partial charge in [-0.3, -0.25) is 0 Å². The van der Waals surface area contributed by atoms with E-state index in [2.05, 4.69) is 15.0 Å². The van der Waals surface area contributed by atoms with Gasteiger partial charge in [0.2, 0.25) is 11.2 Å². The Morgan fingerprint density at radius 2 is 2.16 bits per heavy atom. The van der Waals surface area contributed by atoms with Crippen LogP contribution in [0.5, 0.6) is 6.01 Å². The summed E-state index contributed by atoms with van der Waals surface area (Å²) in [5, 5.41) is 0.0479. The summed E-state index contributed by atoms with van der Waals surface area (Å²) in [5.41, 5.74) is 1.81. The highest BCUT2D eigenvalue weighted by molar-refractivity contribution is 6.28. The van der Waals surface area contributed by atoms with Gasteiger partial charge in [0.25, 0.3) is 0 Å². The molecule has 0 amide bonds. The maximum Gasteiger partial charge on any atom is 0.322 e. The van der Waals surface area contributed by atoms with Crippen LogP contribution in [0.15, 0.2) is 18.2 Å². The van der Waals surface area contributed by atoms with E-state index in [1.165, 1.54) is 19.2 Å². The molecule has 5 nitrogen and oxygen atoms in total. The molecule has 0 spiro atoms. The summed E-state index contributed by atoms with van der Waals surface area (Å²) in [4.78, 5) is 13.8. The average molecular weight is 281 g/mol. The Balaban J connectivity index is 2.06. The lowest BCUT2D eigenvalue weighted by Crippen LogP contribution is -2.17. The number of fused-ring (bicyclic) bond motifs is 1. The predicted molar refractivity (Wildman–Crippen MR) is 68.5 cm³/mol. The molecule has 0 bridgehead atoms. The Hall–Kier alpha value is -1.95. The first-order valence-corrected chi connectivity index (χ1v) is 6.06. The minimum absolute atomic E-state index is 0.0479. The molecule has 0 saturated carbocycles. The summed E-state index contributed by atoms with van der Waals surface area (Å²) >= 11 is 5.82. The summed E-state index contributed by atoms with van der Waals surface area (Å²) in [7, 11) is 1.45. The van der Waals surface area contributed by atoms with Crippen molar-refractivity contribution in [3.05, 3.63) is 34.9 Å². The lowest BCUT2D eigenvalue weighted by molar-refractivity contribution is 0.378. The van der Waals surface area contributed by atoms with Crippen molar-refractivity contribution in [2.75, 3.05) is 18.6 Å². The van der Waals surface area contributed by atoms with E-state index in [-0.39, 0.29) is 17.1 Å². The van der Waals surface area contributed by atoms with E-state index in [0.29, 0.717) is 12.5 Å². The number of ether oxygens (including phenoxy) is 1. The molecular formula is C12H10ClFN4O. The van der Waals surface area contributed by atoms with Crippen molar-refractivity contribution in [3.63, 3.8) is 0 Å². The van der Waals surface area contributed by atoms with Crippen LogP contribution in [0, 0.1) is 5.82 Å². The Morgan fingerprint density at radius 3 is 2.95 bits per heavy atom. The predicted octanol–water partition coefficient (Wildman–Crippen LogP) is 2.37. The first kappa shape index (κ1) is 12.1. The second-order valence-electron chi connectivity index (χ2n) is 4.07. The average Bonchev–Trinajstić information content (AvgIpc) is 2.80. The lowest BCUT2D eigenvalue weighted by atomic mass is 10.2. The number of rotatable bonds is 2. The van der Waals surface area contributed by atoms with E-state index < -0.39 is 0 Å². The minimum atomic E-state index is -0.294. The molecule has 0 unspecified atom stereocenters. The standard InChI is InChI=1S/C12H10ClFN4O/c1-19-12-16-10(13)15-11(17-12)18-5-4-7-2-3-8(14)6-9(7)18/h2-3,6H,4-5H2,1H3. The number of hydrogen-bond acceptors (Lipinski definition) is 5. The number of methoxy groups -OCH3 is 1. The fourth-order valence-corrected chi connectivity index (χ4v) is 2.24. The highest BCUT2D eigenvalue weighted by Crippen LogP contribution is 2.33. The number of aromatic nitrogens is 3. The first-order valence-electron chi connectivity index (χ1n) is 5.69. The van der Waals surface area contributed by atoms with Crippen molar-refractivity contribution in [1.82, 2.24) is 15.0 Å². The van der Waals surface area contributed by atoms with E-state index >= 15 is 0 Å². The van der Waals surface area contributed by atoms with Crippen LogP contribution in [-0.4, -0.2) is 28.6 Å². The monoisotopic (exact) mass is 280 g/mol. The third kappa shape index (κ3) is 2.19. The third-order valence-corrected chi connectivity index (χ3v) is 3.11. The van der Waals surface area contributed by atoms with Crippen molar-refractivity contribution < 1.29 is 9.13 Å². The summed E-state index contributed by atoms with van der Waals surface area (Å²) < 4.78 is 18.3. The molecule has 0 atom stereocenters. The van der Waals surface area contributed by atoms with Gasteiger partial charge in [0.15, 0.2) is 0 Å². The fourth-order valence-electron chi connectivity index (χ4n) is 2.09. The Morgan fingerprint density at radius 1 is 1.32 bits per heavy atom. The molecule has 2 heterocycles. The number of halogens is 2. The third-order valence-electron chi connectivity index (χ3n) is 2.94. The van der Waals surface area contributed by atoms with Gasteiger partial charge in [-0.1, -0.05) is 6.07 Å². The molecular weight excluding hydrogens is 271 g/mol. The van der Waals surface area contributed by atoms with Gasteiger partial charge in [-0.05, 0) is 35.7 Å². The minimum Gasteiger partial charge on any atom is -0.467 e. The molecule has 7 heteroatoms. The van der Waals surface area contributed by atoms with Crippen LogP contribution in [0.25, 0.3) is 0 Å². The molecule has 0 aliphatic carbocycles. The number of anilines is 2. The van der Waals surface area contributed by atoms with E-state index in [1.807, 2.05) is 0 Å². The summed E-state index contributed by atoms with van der Waals surface area (Å²) in [5.74, 6) is 0.0685. The molecule has 19 heavy (non-hydrogen) atoms. The SMILES string of the molecule is COc1nc(Cl)nc(N2CCc3ccc(F)cc32)n1. The van der Waals surface area contributed by atoms with Crippen LogP contribution in [0.2, 0.25) is 5.28 Å². The van der Waals surface area contributed by atoms with Gasteiger partial charge in [0.05, 0.1) is 12.8 Å².